The lowest BCUT2D eigenvalue weighted by Gasteiger charge is -2.27. The van der Waals surface area contributed by atoms with Gasteiger partial charge in [-0.3, -0.25) is 4.79 Å². The quantitative estimate of drug-likeness (QED) is 0.430. The van der Waals surface area contributed by atoms with Crippen molar-refractivity contribution >= 4 is 16.0 Å². The lowest BCUT2D eigenvalue weighted by molar-refractivity contribution is -0.137. The fraction of sp³-hybridized carbons (Fsp3) is 0.722. The molecule has 25 heavy (non-hydrogen) atoms. The minimum Gasteiger partial charge on any atom is -0.481 e. The summed E-state index contributed by atoms with van der Waals surface area (Å²) < 4.78 is 32.7. The molecule has 2 fully saturated rings. The summed E-state index contributed by atoms with van der Waals surface area (Å²) in [6, 6.07) is 0. The van der Waals surface area contributed by atoms with E-state index < -0.39 is 16.0 Å². The predicted molar refractivity (Wildman–Crippen MR) is 96.7 cm³/mol. The van der Waals surface area contributed by atoms with Gasteiger partial charge in [-0.2, -0.15) is 0 Å². The molecule has 2 bridgehead atoms. The molecule has 0 amide bonds. The molecular formula is C18H29NO5S. The number of allylic oxidation sites excluding steroid dienone is 3. The minimum absolute atomic E-state index is 0.0132. The smallest absolute Gasteiger partial charge is 0.303 e. The molecule has 0 aromatic rings. The van der Waals surface area contributed by atoms with E-state index in [1.807, 2.05) is 6.08 Å². The summed E-state index contributed by atoms with van der Waals surface area (Å²) in [4.78, 5) is 10.5. The van der Waals surface area contributed by atoms with Crippen molar-refractivity contribution in [2.45, 2.75) is 57.7 Å². The van der Waals surface area contributed by atoms with Crippen molar-refractivity contribution in [2.75, 3.05) is 12.3 Å². The van der Waals surface area contributed by atoms with Gasteiger partial charge in [-0.05, 0) is 44.9 Å². The first-order chi connectivity index (χ1) is 11.9. The Labute approximate surface area is 150 Å². The molecule has 6 nitrogen and oxygen atoms in total. The number of hydrogen-bond donors (Lipinski definition) is 2. The van der Waals surface area contributed by atoms with Gasteiger partial charge in [0.15, 0.2) is 0 Å². The number of rotatable bonds is 11. The second-order valence-electron chi connectivity index (χ2n) is 6.81. The third-order valence-corrected chi connectivity index (χ3v) is 6.25. The molecule has 2 aliphatic heterocycles. The van der Waals surface area contributed by atoms with Crippen LogP contribution in [-0.2, 0) is 19.6 Å². The Hall–Kier alpha value is -1.18. The summed E-state index contributed by atoms with van der Waals surface area (Å²) in [6.45, 7) is 2.23. The SMILES string of the molecule is CC=CCS(=O)(=O)NC[C@H]1[C@@H](CC=CCCCC(=O)O)[C@H]2CC[C@@H]1O2. The van der Waals surface area contributed by atoms with Crippen molar-refractivity contribution < 1.29 is 23.1 Å². The number of carboxylic acid groups (broad SMARTS) is 1. The van der Waals surface area contributed by atoms with Gasteiger partial charge in [-0.25, -0.2) is 13.1 Å². The normalized spacial score (nSPS) is 29.2. The van der Waals surface area contributed by atoms with Gasteiger partial charge in [0.2, 0.25) is 10.0 Å². The molecule has 0 unspecified atom stereocenters. The van der Waals surface area contributed by atoms with Gasteiger partial charge in [0.25, 0.3) is 0 Å². The van der Waals surface area contributed by atoms with Crippen LogP contribution in [0.1, 0.15) is 45.4 Å². The second kappa shape index (κ2) is 9.50. The number of carboxylic acids is 1. The van der Waals surface area contributed by atoms with Crippen LogP contribution < -0.4 is 4.72 Å². The number of nitrogens with one attached hydrogen (secondary N) is 1. The van der Waals surface area contributed by atoms with Crippen molar-refractivity contribution in [2.24, 2.45) is 11.8 Å². The number of unbranched alkanes of at least 4 members (excludes halogenated alkanes) is 1. The zero-order valence-corrected chi connectivity index (χ0v) is 15.6. The summed E-state index contributed by atoms with van der Waals surface area (Å²) in [6.07, 6.45) is 12.4. The molecule has 0 radical (unpaired) electrons. The summed E-state index contributed by atoms with van der Waals surface area (Å²) in [5.41, 5.74) is 0. The van der Waals surface area contributed by atoms with Crippen LogP contribution in [0.15, 0.2) is 24.3 Å². The predicted octanol–water partition coefficient (Wildman–Crippen LogP) is 2.48. The average Bonchev–Trinajstić information content (AvgIpc) is 3.15. The van der Waals surface area contributed by atoms with E-state index in [0.717, 1.165) is 25.7 Å². The van der Waals surface area contributed by atoms with E-state index in [0.29, 0.717) is 18.9 Å². The Morgan fingerprint density at radius 3 is 2.60 bits per heavy atom. The Kier molecular flexibility index (Phi) is 7.65. The van der Waals surface area contributed by atoms with Crippen LogP contribution in [0.25, 0.3) is 0 Å². The highest BCUT2D eigenvalue weighted by Crippen LogP contribution is 2.44. The Morgan fingerprint density at radius 2 is 1.92 bits per heavy atom. The number of fused-ring (bicyclic) bond motifs is 2. The molecule has 0 aromatic heterocycles. The minimum atomic E-state index is -3.28. The summed E-state index contributed by atoms with van der Waals surface area (Å²) in [7, 11) is -3.28. The summed E-state index contributed by atoms with van der Waals surface area (Å²) in [5, 5.41) is 8.63. The molecule has 2 heterocycles. The third-order valence-electron chi connectivity index (χ3n) is 5.02. The molecule has 142 valence electrons. The van der Waals surface area contributed by atoms with Crippen molar-refractivity contribution in [1.29, 1.82) is 0 Å². The molecule has 0 spiro atoms. The maximum Gasteiger partial charge on any atom is 0.303 e. The van der Waals surface area contributed by atoms with Crippen LogP contribution in [0.2, 0.25) is 0 Å². The molecule has 2 aliphatic rings. The van der Waals surface area contributed by atoms with E-state index in [2.05, 4.69) is 10.8 Å². The first-order valence-electron chi connectivity index (χ1n) is 9.03. The molecule has 7 heteroatoms. The van der Waals surface area contributed by atoms with E-state index in [4.69, 9.17) is 9.84 Å². The monoisotopic (exact) mass is 371 g/mol. The summed E-state index contributed by atoms with van der Waals surface area (Å²) in [5.74, 6) is -0.207. The molecule has 0 saturated carbocycles. The Bertz CT molecular complexity index is 599. The molecule has 0 aliphatic carbocycles. The largest absolute Gasteiger partial charge is 0.481 e. The lowest BCUT2D eigenvalue weighted by Crippen LogP contribution is -2.38. The zero-order valence-electron chi connectivity index (χ0n) is 14.8. The molecule has 2 N–H and O–H groups in total. The standard InChI is InChI=1S/C18H29NO5S/c1-2-3-12-25(22,23)19-13-15-14(16-10-11-17(15)24-16)8-6-4-5-7-9-18(20)21/h2-4,6,14-17,19H,5,7-13H2,1H3,(H,20,21)/t14-,15+,16-,17+/m1/s1. The first-order valence-corrected chi connectivity index (χ1v) is 10.7. The fourth-order valence-electron chi connectivity index (χ4n) is 3.73. The maximum atomic E-state index is 12.0. The van der Waals surface area contributed by atoms with E-state index in [9.17, 15) is 13.2 Å². The maximum absolute atomic E-state index is 12.0. The van der Waals surface area contributed by atoms with Gasteiger partial charge in [0.05, 0.1) is 18.0 Å². The van der Waals surface area contributed by atoms with Gasteiger partial charge >= 0.3 is 5.97 Å². The third kappa shape index (κ3) is 6.24. The molecule has 4 atom stereocenters. The van der Waals surface area contributed by atoms with E-state index in [1.54, 1.807) is 19.1 Å². The zero-order chi connectivity index (χ0) is 18.3. The van der Waals surface area contributed by atoms with Crippen LogP contribution in [0, 0.1) is 11.8 Å². The van der Waals surface area contributed by atoms with Crippen molar-refractivity contribution in [1.82, 2.24) is 4.72 Å². The van der Waals surface area contributed by atoms with Gasteiger partial charge in [0.1, 0.15) is 0 Å². The lowest BCUT2D eigenvalue weighted by atomic mass is 9.77. The number of ether oxygens (including phenoxy) is 1. The van der Waals surface area contributed by atoms with Gasteiger partial charge in [-0.1, -0.05) is 24.3 Å². The number of aliphatic carboxylic acids is 1. The Balaban J connectivity index is 1.82. The van der Waals surface area contributed by atoms with Crippen molar-refractivity contribution in [3.63, 3.8) is 0 Å². The van der Waals surface area contributed by atoms with Crippen LogP contribution >= 0.6 is 0 Å². The second-order valence-corrected chi connectivity index (χ2v) is 8.66. The average molecular weight is 371 g/mol. The van der Waals surface area contributed by atoms with Crippen LogP contribution in [0.5, 0.6) is 0 Å². The van der Waals surface area contributed by atoms with Gasteiger partial charge in [-0.15, -0.1) is 0 Å². The molecular weight excluding hydrogens is 342 g/mol. The van der Waals surface area contributed by atoms with Gasteiger partial charge in [0, 0.05) is 18.9 Å². The highest BCUT2D eigenvalue weighted by Gasteiger charge is 2.48. The topological polar surface area (TPSA) is 92.7 Å². The number of carbonyl (C=O) groups is 1. The molecule has 2 saturated heterocycles. The van der Waals surface area contributed by atoms with Gasteiger partial charge < -0.3 is 9.84 Å². The Morgan fingerprint density at radius 1 is 1.20 bits per heavy atom. The van der Waals surface area contributed by atoms with Crippen molar-refractivity contribution in [3.05, 3.63) is 24.3 Å². The van der Waals surface area contributed by atoms with Crippen LogP contribution in [0.3, 0.4) is 0 Å². The molecule has 0 aromatic carbocycles. The fourth-order valence-corrected chi connectivity index (χ4v) is 4.74. The number of hydrogen-bond acceptors (Lipinski definition) is 4. The van der Waals surface area contributed by atoms with Crippen molar-refractivity contribution in [3.8, 4) is 0 Å². The number of sulfonamides is 1. The van der Waals surface area contributed by atoms with Crippen LogP contribution in [-0.4, -0.2) is 44.0 Å². The van der Waals surface area contributed by atoms with E-state index >= 15 is 0 Å². The summed E-state index contributed by atoms with van der Waals surface area (Å²) >= 11 is 0. The highest BCUT2D eigenvalue weighted by atomic mass is 32.2. The molecule has 2 rings (SSSR count). The van der Waals surface area contributed by atoms with E-state index in [1.165, 1.54) is 0 Å². The highest BCUT2D eigenvalue weighted by molar-refractivity contribution is 7.89. The van der Waals surface area contributed by atoms with Crippen LogP contribution in [0.4, 0.5) is 0 Å². The first kappa shape index (κ1) is 20.1. The van der Waals surface area contributed by atoms with E-state index in [-0.39, 0.29) is 30.3 Å².